The molecule has 0 heterocycles. The van der Waals surface area contributed by atoms with E-state index in [1.54, 1.807) is 0 Å². The summed E-state index contributed by atoms with van der Waals surface area (Å²) in [5.41, 5.74) is 2.26. The van der Waals surface area contributed by atoms with Crippen LogP contribution in [0, 0.1) is 6.92 Å². The second-order valence-corrected chi connectivity index (χ2v) is 6.37. The van der Waals surface area contributed by atoms with E-state index < -0.39 is 0 Å². The zero-order valence-corrected chi connectivity index (χ0v) is 15.4. The van der Waals surface area contributed by atoms with Crippen LogP contribution in [0.25, 0.3) is 0 Å². The number of likely N-dealkylation sites (N-methyl/N-ethyl adjacent to an activating group) is 1. The fourth-order valence-electron chi connectivity index (χ4n) is 2.57. The summed E-state index contributed by atoms with van der Waals surface area (Å²) in [5, 5.41) is 3.04. The molecule has 0 saturated carbocycles. The highest BCUT2D eigenvalue weighted by molar-refractivity contribution is 5.76. The summed E-state index contributed by atoms with van der Waals surface area (Å²) in [4.78, 5) is 14.2. The van der Waals surface area contributed by atoms with Crippen molar-refractivity contribution in [3.05, 3.63) is 65.7 Å². The van der Waals surface area contributed by atoms with Gasteiger partial charge in [-0.2, -0.15) is 0 Å². The molecule has 0 aliphatic carbocycles. The van der Waals surface area contributed by atoms with Gasteiger partial charge in [-0.1, -0.05) is 48.5 Å². The number of carbonyl (C=O) groups excluding carboxylic acids is 1. The summed E-state index contributed by atoms with van der Waals surface area (Å²) in [6.45, 7) is 6.16. The van der Waals surface area contributed by atoms with Gasteiger partial charge in [-0.25, -0.2) is 0 Å². The van der Waals surface area contributed by atoms with Crippen LogP contribution in [0.15, 0.2) is 54.6 Å². The van der Waals surface area contributed by atoms with Crippen LogP contribution in [0.1, 0.15) is 30.5 Å². The number of amides is 1. The topological polar surface area (TPSA) is 41.6 Å². The van der Waals surface area contributed by atoms with Crippen molar-refractivity contribution in [3.63, 3.8) is 0 Å². The van der Waals surface area contributed by atoms with Gasteiger partial charge in [0.2, 0.25) is 5.91 Å². The van der Waals surface area contributed by atoms with E-state index in [4.69, 9.17) is 4.74 Å². The predicted octanol–water partition coefficient (Wildman–Crippen LogP) is 3.57. The Morgan fingerprint density at radius 2 is 1.76 bits per heavy atom. The first-order chi connectivity index (χ1) is 12.1. The summed E-state index contributed by atoms with van der Waals surface area (Å²) in [6, 6.07) is 18.0. The molecule has 0 spiro atoms. The maximum atomic E-state index is 12.1. The lowest BCUT2D eigenvalue weighted by Gasteiger charge is -2.19. The SMILES string of the molecule is Cc1ccccc1OCCN(C)CCC(=O)NC(C)c1ccccc1. The fraction of sp³-hybridized carbons (Fsp3) is 0.381. The van der Waals surface area contributed by atoms with Gasteiger partial charge >= 0.3 is 0 Å². The van der Waals surface area contributed by atoms with Crippen molar-refractivity contribution in [1.29, 1.82) is 0 Å². The molecule has 0 aromatic heterocycles. The normalized spacial score (nSPS) is 12.0. The highest BCUT2D eigenvalue weighted by Crippen LogP contribution is 2.15. The number of hydrogen-bond donors (Lipinski definition) is 1. The first-order valence-electron chi connectivity index (χ1n) is 8.77. The molecule has 25 heavy (non-hydrogen) atoms. The van der Waals surface area contributed by atoms with Crippen molar-refractivity contribution in [3.8, 4) is 5.75 Å². The molecule has 1 atom stereocenters. The summed E-state index contributed by atoms with van der Waals surface area (Å²) in [5.74, 6) is 0.994. The maximum Gasteiger partial charge on any atom is 0.221 e. The van der Waals surface area contributed by atoms with Gasteiger partial charge in [0.15, 0.2) is 0 Å². The lowest BCUT2D eigenvalue weighted by atomic mass is 10.1. The molecule has 1 amide bonds. The van der Waals surface area contributed by atoms with Gasteiger partial charge in [0, 0.05) is 19.5 Å². The Balaban J connectivity index is 1.65. The summed E-state index contributed by atoms with van der Waals surface area (Å²) in [6.07, 6.45) is 0.484. The Kier molecular flexibility index (Phi) is 7.48. The average molecular weight is 340 g/mol. The molecule has 0 aliphatic heterocycles. The molecule has 0 saturated heterocycles. The van der Waals surface area contributed by atoms with Crippen LogP contribution in [0.2, 0.25) is 0 Å². The number of para-hydroxylation sites is 1. The molecular weight excluding hydrogens is 312 g/mol. The third kappa shape index (κ3) is 6.59. The first kappa shape index (κ1) is 19.0. The Bertz CT molecular complexity index is 658. The van der Waals surface area contributed by atoms with Crippen molar-refractivity contribution < 1.29 is 9.53 Å². The molecule has 4 nitrogen and oxygen atoms in total. The lowest BCUT2D eigenvalue weighted by molar-refractivity contribution is -0.122. The monoisotopic (exact) mass is 340 g/mol. The van der Waals surface area contributed by atoms with Gasteiger partial charge in [0.1, 0.15) is 12.4 Å². The van der Waals surface area contributed by atoms with E-state index in [0.717, 1.165) is 23.4 Å². The second-order valence-electron chi connectivity index (χ2n) is 6.37. The zero-order chi connectivity index (χ0) is 18.1. The minimum atomic E-state index is 0.0309. The van der Waals surface area contributed by atoms with E-state index in [-0.39, 0.29) is 11.9 Å². The Morgan fingerprint density at radius 1 is 1.08 bits per heavy atom. The van der Waals surface area contributed by atoms with Crippen LogP contribution >= 0.6 is 0 Å². The van der Waals surface area contributed by atoms with Crippen molar-refractivity contribution in [2.75, 3.05) is 26.7 Å². The van der Waals surface area contributed by atoms with E-state index in [1.807, 2.05) is 75.5 Å². The van der Waals surface area contributed by atoms with Crippen molar-refractivity contribution in [1.82, 2.24) is 10.2 Å². The molecule has 1 unspecified atom stereocenters. The van der Waals surface area contributed by atoms with Crippen LogP contribution in [0.5, 0.6) is 5.75 Å². The van der Waals surface area contributed by atoms with Crippen LogP contribution in [0.4, 0.5) is 0 Å². The highest BCUT2D eigenvalue weighted by atomic mass is 16.5. The molecular formula is C21H28N2O2. The summed E-state index contributed by atoms with van der Waals surface area (Å²) < 4.78 is 5.79. The van der Waals surface area contributed by atoms with Gasteiger partial charge in [0.25, 0.3) is 0 Å². The maximum absolute atomic E-state index is 12.1. The van der Waals surface area contributed by atoms with Crippen LogP contribution in [0.3, 0.4) is 0 Å². The van der Waals surface area contributed by atoms with E-state index >= 15 is 0 Å². The van der Waals surface area contributed by atoms with Gasteiger partial charge in [-0.15, -0.1) is 0 Å². The van der Waals surface area contributed by atoms with Crippen molar-refractivity contribution in [2.45, 2.75) is 26.3 Å². The third-order valence-corrected chi connectivity index (χ3v) is 4.22. The summed E-state index contributed by atoms with van der Waals surface area (Å²) >= 11 is 0. The van der Waals surface area contributed by atoms with E-state index in [2.05, 4.69) is 10.2 Å². The molecule has 4 heteroatoms. The van der Waals surface area contributed by atoms with Crippen molar-refractivity contribution >= 4 is 5.91 Å². The predicted molar refractivity (Wildman–Crippen MR) is 102 cm³/mol. The number of hydrogen-bond acceptors (Lipinski definition) is 3. The highest BCUT2D eigenvalue weighted by Gasteiger charge is 2.10. The number of nitrogens with zero attached hydrogens (tertiary/aromatic N) is 1. The van der Waals surface area contributed by atoms with Crippen LogP contribution in [-0.2, 0) is 4.79 Å². The van der Waals surface area contributed by atoms with Gasteiger partial charge in [-0.05, 0) is 38.1 Å². The molecule has 0 bridgehead atoms. The molecule has 2 aromatic rings. The van der Waals surface area contributed by atoms with Gasteiger partial charge in [0.05, 0.1) is 6.04 Å². The number of rotatable bonds is 9. The van der Waals surface area contributed by atoms with Gasteiger partial charge in [-0.3, -0.25) is 4.79 Å². The number of aryl methyl sites for hydroxylation is 1. The second kappa shape index (κ2) is 9.84. The van der Waals surface area contributed by atoms with Crippen molar-refractivity contribution in [2.24, 2.45) is 0 Å². The largest absolute Gasteiger partial charge is 0.492 e. The average Bonchev–Trinajstić information content (AvgIpc) is 2.62. The zero-order valence-electron chi connectivity index (χ0n) is 15.4. The number of nitrogens with one attached hydrogen (secondary N) is 1. The number of ether oxygens (including phenoxy) is 1. The standard InChI is InChI=1S/C21H28N2O2/c1-17-9-7-8-12-20(17)25-16-15-23(3)14-13-21(24)22-18(2)19-10-5-4-6-11-19/h4-12,18H,13-16H2,1-3H3,(H,22,24). The molecule has 0 radical (unpaired) electrons. The molecule has 0 aliphatic rings. The minimum absolute atomic E-state index is 0.0309. The minimum Gasteiger partial charge on any atom is -0.492 e. The van der Waals surface area contributed by atoms with Gasteiger partial charge < -0.3 is 15.0 Å². The number of carbonyl (C=O) groups is 1. The van der Waals surface area contributed by atoms with E-state index in [0.29, 0.717) is 19.6 Å². The molecule has 134 valence electrons. The lowest BCUT2D eigenvalue weighted by Crippen LogP contribution is -2.32. The molecule has 2 aromatic carbocycles. The summed E-state index contributed by atoms with van der Waals surface area (Å²) in [7, 11) is 2.01. The molecule has 2 rings (SSSR count). The van der Waals surface area contributed by atoms with Crippen LogP contribution in [-0.4, -0.2) is 37.6 Å². The molecule has 0 fully saturated rings. The quantitative estimate of drug-likeness (QED) is 0.759. The first-order valence-corrected chi connectivity index (χ1v) is 8.77. The van der Waals surface area contributed by atoms with Crippen LogP contribution < -0.4 is 10.1 Å². The smallest absolute Gasteiger partial charge is 0.221 e. The molecule has 1 N–H and O–H groups in total. The number of benzene rings is 2. The Hall–Kier alpha value is -2.33. The Labute approximate surface area is 150 Å². The Morgan fingerprint density at radius 3 is 2.48 bits per heavy atom. The fourth-order valence-corrected chi connectivity index (χ4v) is 2.57. The van der Waals surface area contributed by atoms with E-state index in [1.165, 1.54) is 0 Å². The van der Waals surface area contributed by atoms with E-state index in [9.17, 15) is 4.79 Å². The third-order valence-electron chi connectivity index (χ3n) is 4.22.